The highest BCUT2D eigenvalue weighted by molar-refractivity contribution is 7.89. The van der Waals surface area contributed by atoms with Gasteiger partial charge in [-0.1, -0.05) is 12.1 Å². The number of hydrogen-bond acceptors (Lipinski definition) is 5. The number of methoxy groups -OCH3 is 1. The third-order valence-corrected chi connectivity index (χ3v) is 9.41. The monoisotopic (exact) mass is 511 g/mol. The molecule has 2 fully saturated rings. The number of hydrogen-bond donors (Lipinski definition) is 1. The number of rotatable bonds is 7. The molecular weight excluding hydrogens is 478 g/mol. The third-order valence-electron chi connectivity index (χ3n) is 7.52. The fourth-order valence-electron chi connectivity index (χ4n) is 5.22. The van der Waals surface area contributed by atoms with Gasteiger partial charge in [0.2, 0.25) is 21.8 Å². The van der Waals surface area contributed by atoms with Crippen molar-refractivity contribution in [2.75, 3.05) is 25.1 Å². The normalized spacial score (nSPS) is 20.7. The molecule has 3 aliphatic rings. The Balaban J connectivity index is 1.19. The van der Waals surface area contributed by atoms with E-state index < -0.39 is 10.0 Å². The molecule has 0 radical (unpaired) electrons. The van der Waals surface area contributed by atoms with E-state index in [0.717, 1.165) is 35.4 Å². The van der Waals surface area contributed by atoms with Gasteiger partial charge in [0.1, 0.15) is 5.75 Å². The Kier molecular flexibility index (Phi) is 6.78. The van der Waals surface area contributed by atoms with E-state index in [4.69, 9.17) is 4.74 Å². The van der Waals surface area contributed by atoms with Crippen LogP contribution in [0.25, 0.3) is 0 Å². The van der Waals surface area contributed by atoms with Crippen LogP contribution in [0.2, 0.25) is 0 Å². The van der Waals surface area contributed by atoms with Crippen molar-refractivity contribution in [1.82, 2.24) is 9.62 Å². The topological polar surface area (TPSA) is 96.0 Å². The average Bonchev–Trinajstić information content (AvgIpc) is 3.69. The highest BCUT2D eigenvalue weighted by atomic mass is 32.2. The van der Waals surface area contributed by atoms with Gasteiger partial charge < -0.3 is 15.0 Å². The Morgan fingerprint density at radius 1 is 1.00 bits per heavy atom. The smallest absolute Gasteiger partial charge is 0.243 e. The van der Waals surface area contributed by atoms with Gasteiger partial charge in [0, 0.05) is 43.2 Å². The van der Waals surface area contributed by atoms with Crippen molar-refractivity contribution in [2.24, 2.45) is 11.8 Å². The standard InChI is InChI=1S/C27H33N3O5S/c1-18-15-22-16-24(9-10-25(22)30(18)27(32)21-5-6-21)36(33,34)29-13-11-20(12-14-29)26(31)28-17-19-3-7-23(35-2)8-4-19/h3-4,7-10,16,18,20-21H,5-6,11-15,17H2,1-2H3,(H,28,31)/t18-/m1/s1. The molecule has 36 heavy (non-hydrogen) atoms. The summed E-state index contributed by atoms with van der Waals surface area (Å²) < 4.78 is 33.4. The molecule has 1 aliphatic carbocycles. The van der Waals surface area contributed by atoms with E-state index in [9.17, 15) is 18.0 Å². The Bertz CT molecular complexity index is 1250. The molecule has 2 aliphatic heterocycles. The molecule has 9 heteroatoms. The summed E-state index contributed by atoms with van der Waals surface area (Å²) in [4.78, 5) is 27.5. The van der Waals surface area contributed by atoms with Crippen molar-refractivity contribution in [2.45, 2.75) is 56.5 Å². The van der Waals surface area contributed by atoms with Crippen molar-refractivity contribution >= 4 is 27.5 Å². The van der Waals surface area contributed by atoms with E-state index in [2.05, 4.69) is 5.32 Å². The number of anilines is 1. The summed E-state index contributed by atoms with van der Waals surface area (Å²) in [7, 11) is -2.06. The summed E-state index contributed by atoms with van der Waals surface area (Å²) in [6, 6.07) is 12.7. The second-order valence-electron chi connectivity index (χ2n) is 10.1. The Hall–Kier alpha value is -2.91. The van der Waals surface area contributed by atoms with Crippen LogP contribution in [0.3, 0.4) is 0 Å². The molecule has 2 heterocycles. The second-order valence-corrected chi connectivity index (χ2v) is 12.0. The predicted molar refractivity (Wildman–Crippen MR) is 136 cm³/mol. The van der Waals surface area contributed by atoms with E-state index in [0.29, 0.717) is 38.9 Å². The number of fused-ring (bicyclic) bond motifs is 1. The van der Waals surface area contributed by atoms with Gasteiger partial charge in [0.25, 0.3) is 0 Å². The van der Waals surface area contributed by atoms with Crippen LogP contribution in [0.5, 0.6) is 5.75 Å². The van der Waals surface area contributed by atoms with Crippen molar-refractivity contribution in [3.8, 4) is 5.75 Å². The number of benzene rings is 2. The number of carbonyl (C=O) groups excluding carboxylic acids is 2. The molecule has 1 saturated carbocycles. The number of nitrogens with zero attached hydrogens (tertiary/aromatic N) is 2. The van der Waals surface area contributed by atoms with E-state index in [-0.39, 0.29) is 34.6 Å². The minimum atomic E-state index is -3.67. The molecule has 2 aromatic carbocycles. The van der Waals surface area contributed by atoms with Crippen molar-refractivity contribution in [3.63, 3.8) is 0 Å². The van der Waals surface area contributed by atoms with E-state index in [1.54, 1.807) is 25.3 Å². The van der Waals surface area contributed by atoms with Crippen LogP contribution in [0, 0.1) is 11.8 Å². The lowest BCUT2D eigenvalue weighted by Crippen LogP contribution is -2.42. The molecule has 1 saturated heterocycles. The first kappa shape index (κ1) is 24.8. The Labute approximate surface area is 212 Å². The molecule has 0 unspecified atom stereocenters. The van der Waals surface area contributed by atoms with Gasteiger partial charge >= 0.3 is 0 Å². The summed E-state index contributed by atoms with van der Waals surface area (Å²) in [6.07, 6.45) is 3.52. The maximum atomic E-state index is 13.4. The molecule has 1 atom stereocenters. The molecule has 1 N–H and O–H groups in total. The number of nitrogens with one attached hydrogen (secondary N) is 1. The zero-order valence-electron chi connectivity index (χ0n) is 20.8. The molecule has 2 amide bonds. The maximum Gasteiger partial charge on any atom is 0.243 e. The number of ether oxygens (including phenoxy) is 1. The summed E-state index contributed by atoms with van der Waals surface area (Å²) in [5, 5.41) is 2.97. The number of piperidine rings is 1. The van der Waals surface area contributed by atoms with Crippen molar-refractivity contribution < 1.29 is 22.7 Å². The van der Waals surface area contributed by atoms with Gasteiger partial charge in [-0.15, -0.1) is 0 Å². The largest absolute Gasteiger partial charge is 0.497 e. The SMILES string of the molecule is COc1ccc(CNC(=O)C2CCN(S(=O)(=O)c3ccc4c(c3)C[C@@H](C)N4C(=O)C3CC3)CC2)cc1. The molecule has 5 rings (SSSR count). The molecule has 0 spiro atoms. The van der Waals surface area contributed by atoms with Gasteiger partial charge in [-0.2, -0.15) is 4.31 Å². The molecule has 0 bridgehead atoms. The van der Waals surface area contributed by atoms with Crippen LogP contribution in [0.15, 0.2) is 47.4 Å². The number of amides is 2. The van der Waals surface area contributed by atoms with Crippen LogP contribution >= 0.6 is 0 Å². The zero-order chi connectivity index (χ0) is 25.4. The summed E-state index contributed by atoms with van der Waals surface area (Å²) >= 11 is 0. The minimum absolute atomic E-state index is 0.0400. The number of sulfonamides is 1. The van der Waals surface area contributed by atoms with Crippen LogP contribution in [0.4, 0.5) is 5.69 Å². The molecule has 192 valence electrons. The van der Waals surface area contributed by atoms with Gasteiger partial charge in [-0.3, -0.25) is 9.59 Å². The quantitative estimate of drug-likeness (QED) is 0.616. The predicted octanol–water partition coefficient (Wildman–Crippen LogP) is 3.10. The van der Waals surface area contributed by atoms with Crippen molar-refractivity contribution in [1.29, 1.82) is 0 Å². The van der Waals surface area contributed by atoms with Crippen LogP contribution in [-0.4, -0.2) is 50.8 Å². The summed E-state index contributed by atoms with van der Waals surface area (Å²) in [5.74, 6) is 0.786. The van der Waals surface area contributed by atoms with Gasteiger partial charge in [0.05, 0.1) is 12.0 Å². The first-order valence-corrected chi connectivity index (χ1v) is 14.1. The maximum absolute atomic E-state index is 13.4. The van der Waals surface area contributed by atoms with Crippen LogP contribution in [0.1, 0.15) is 43.7 Å². The lowest BCUT2D eigenvalue weighted by atomic mass is 9.97. The fourth-order valence-corrected chi connectivity index (χ4v) is 6.74. The highest BCUT2D eigenvalue weighted by Gasteiger charge is 2.40. The van der Waals surface area contributed by atoms with Crippen LogP contribution in [-0.2, 0) is 32.6 Å². The van der Waals surface area contributed by atoms with Gasteiger partial charge in [0.15, 0.2) is 0 Å². The first-order chi connectivity index (χ1) is 17.3. The van der Waals surface area contributed by atoms with Gasteiger partial charge in [-0.25, -0.2) is 8.42 Å². The van der Waals surface area contributed by atoms with Gasteiger partial charge in [-0.05, 0) is 80.5 Å². The number of carbonyl (C=O) groups is 2. The molecule has 0 aromatic heterocycles. The average molecular weight is 512 g/mol. The van der Waals surface area contributed by atoms with E-state index >= 15 is 0 Å². The molecule has 8 nitrogen and oxygen atoms in total. The first-order valence-electron chi connectivity index (χ1n) is 12.6. The summed E-state index contributed by atoms with van der Waals surface area (Å²) in [6.45, 7) is 3.06. The lowest BCUT2D eigenvalue weighted by Gasteiger charge is -2.30. The zero-order valence-corrected chi connectivity index (χ0v) is 21.6. The highest BCUT2D eigenvalue weighted by Crippen LogP contribution is 2.40. The molecular formula is C27H33N3O5S. The lowest BCUT2D eigenvalue weighted by molar-refractivity contribution is -0.126. The van der Waals surface area contributed by atoms with E-state index in [1.165, 1.54) is 4.31 Å². The third kappa shape index (κ3) is 4.86. The fraction of sp³-hybridized carbons (Fsp3) is 0.481. The van der Waals surface area contributed by atoms with E-state index in [1.807, 2.05) is 36.1 Å². The minimum Gasteiger partial charge on any atom is -0.497 e. The summed E-state index contributed by atoms with van der Waals surface area (Å²) in [5.41, 5.74) is 2.73. The Morgan fingerprint density at radius 3 is 2.33 bits per heavy atom. The van der Waals surface area contributed by atoms with Crippen molar-refractivity contribution in [3.05, 3.63) is 53.6 Å². The Morgan fingerprint density at radius 2 is 1.69 bits per heavy atom. The second kappa shape index (κ2) is 9.86. The van der Waals surface area contributed by atoms with Crippen LogP contribution < -0.4 is 15.0 Å². The molecule has 2 aromatic rings.